The van der Waals surface area contributed by atoms with Crippen molar-refractivity contribution in [1.82, 2.24) is 14.8 Å². The fourth-order valence-electron chi connectivity index (χ4n) is 2.96. The monoisotopic (exact) mass is 447 g/mol. The highest BCUT2D eigenvalue weighted by molar-refractivity contribution is 5.94. The summed E-state index contributed by atoms with van der Waals surface area (Å²) in [6, 6.07) is 10.1. The Kier molecular flexibility index (Phi) is 5.43. The SMILES string of the molecule is Cc1cc(C2=NN(c3ccc(OC(F)(F)F)cc3)CO2)nn1Cc1ccc(C(=O)O)nc1. The first-order valence-corrected chi connectivity index (χ1v) is 9.26. The molecule has 0 amide bonds. The molecule has 0 bridgehead atoms. The molecule has 0 atom stereocenters. The Morgan fingerprint density at radius 1 is 1.22 bits per heavy atom. The summed E-state index contributed by atoms with van der Waals surface area (Å²) in [5, 5.41) is 19.2. The van der Waals surface area contributed by atoms with Gasteiger partial charge in [0.25, 0.3) is 5.90 Å². The molecule has 0 aliphatic carbocycles. The number of anilines is 1. The highest BCUT2D eigenvalue weighted by atomic mass is 19.4. The van der Waals surface area contributed by atoms with Crippen LogP contribution in [0, 0.1) is 6.92 Å². The summed E-state index contributed by atoms with van der Waals surface area (Å²) in [5.74, 6) is -1.16. The zero-order chi connectivity index (χ0) is 22.9. The number of aromatic carboxylic acids is 1. The molecule has 0 unspecified atom stereocenters. The van der Waals surface area contributed by atoms with Crippen molar-refractivity contribution < 1.29 is 32.5 Å². The fraction of sp³-hybridized carbons (Fsp3) is 0.200. The van der Waals surface area contributed by atoms with Crippen LogP contribution in [0.3, 0.4) is 0 Å². The molecule has 0 spiro atoms. The Hall–Kier alpha value is -4.09. The number of alkyl halides is 3. The summed E-state index contributed by atoms with van der Waals surface area (Å²) < 4.78 is 48.0. The minimum absolute atomic E-state index is 0.0431. The van der Waals surface area contributed by atoms with E-state index < -0.39 is 12.3 Å². The Labute approximate surface area is 179 Å². The summed E-state index contributed by atoms with van der Waals surface area (Å²) in [6.45, 7) is 2.29. The summed E-state index contributed by atoms with van der Waals surface area (Å²) >= 11 is 0. The predicted molar refractivity (Wildman–Crippen MR) is 105 cm³/mol. The lowest BCUT2D eigenvalue weighted by Crippen LogP contribution is -2.17. The molecule has 12 heteroatoms. The molecule has 3 heterocycles. The van der Waals surface area contributed by atoms with Crippen molar-refractivity contribution in [1.29, 1.82) is 0 Å². The molecule has 3 aromatic rings. The maximum absolute atomic E-state index is 12.3. The number of pyridine rings is 1. The first-order chi connectivity index (χ1) is 15.2. The van der Waals surface area contributed by atoms with E-state index in [1.165, 1.54) is 41.5 Å². The van der Waals surface area contributed by atoms with Gasteiger partial charge in [0.15, 0.2) is 6.73 Å². The van der Waals surface area contributed by atoms with Gasteiger partial charge in [0.2, 0.25) is 0 Å². The van der Waals surface area contributed by atoms with Crippen LogP contribution in [0.1, 0.15) is 27.4 Å². The van der Waals surface area contributed by atoms with E-state index in [-0.39, 0.29) is 24.1 Å². The van der Waals surface area contributed by atoms with Crippen molar-refractivity contribution in [2.24, 2.45) is 5.10 Å². The third-order valence-corrected chi connectivity index (χ3v) is 4.48. The van der Waals surface area contributed by atoms with Crippen molar-refractivity contribution in [2.75, 3.05) is 11.7 Å². The zero-order valence-electron chi connectivity index (χ0n) is 16.6. The van der Waals surface area contributed by atoms with E-state index in [1.54, 1.807) is 16.8 Å². The number of hydrogen-bond acceptors (Lipinski definition) is 7. The number of rotatable bonds is 6. The van der Waals surface area contributed by atoms with Crippen LogP contribution >= 0.6 is 0 Å². The second-order valence-electron chi connectivity index (χ2n) is 6.81. The van der Waals surface area contributed by atoms with Crippen molar-refractivity contribution in [3.8, 4) is 5.75 Å². The number of hydrazone groups is 1. The molecule has 0 saturated heterocycles. The van der Waals surface area contributed by atoms with Crippen LogP contribution in [0.15, 0.2) is 53.8 Å². The Balaban J connectivity index is 1.46. The Morgan fingerprint density at radius 3 is 2.59 bits per heavy atom. The number of hydrogen-bond donors (Lipinski definition) is 1. The van der Waals surface area contributed by atoms with Crippen molar-refractivity contribution in [3.05, 3.63) is 71.3 Å². The van der Waals surface area contributed by atoms with Crippen LogP contribution in [0.2, 0.25) is 0 Å². The summed E-state index contributed by atoms with van der Waals surface area (Å²) in [5.41, 5.74) is 2.55. The van der Waals surface area contributed by atoms with Crippen molar-refractivity contribution in [3.63, 3.8) is 0 Å². The van der Waals surface area contributed by atoms with Gasteiger partial charge >= 0.3 is 12.3 Å². The number of carboxylic acids is 1. The number of nitrogens with zero attached hydrogens (tertiary/aromatic N) is 5. The predicted octanol–water partition coefficient (Wildman–Crippen LogP) is 3.39. The second-order valence-corrected chi connectivity index (χ2v) is 6.81. The Morgan fingerprint density at radius 2 is 1.97 bits per heavy atom. The molecule has 9 nitrogen and oxygen atoms in total. The molecule has 4 rings (SSSR count). The maximum atomic E-state index is 12.3. The van der Waals surface area contributed by atoms with Gasteiger partial charge in [0.05, 0.1) is 12.2 Å². The number of ether oxygens (including phenoxy) is 2. The van der Waals surface area contributed by atoms with E-state index >= 15 is 0 Å². The Bertz CT molecular complexity index is 1160. The van der Waals surface area contributed by atoms with Gasteiger partial charge in [0, 0.05) is 11.9 Å². The van der Waals surface area contributed by atoms with Gasteiger partial charge < -0.3 is 14.6 Å². The van der Waals surface area contributed by atoms with Gasteiger partial charge in [-0.05, 0) is 48.9 Å². The number of carbonyl (C=O) groups is 1. The molecule has 0 radical (unpaired) electrons. The lowest BCUT2D eigenvalue weighted by molar-refractivity contribution is -0.274. The number of aromatic nitrogens is 3. The molecular weight excluding hydrogens is 431 g/mol. The molecule has 1 aromatic carbocycles. The lowest BCUT2D eigenvalue weighted by atomic mass is 10.2. The van der Waals surface area contributed by atoms with E-state index in [0.29, 0.717) is 17.9 Å². The summed E-state index contributed by atoms with van der Waals surface area (Å²) in [6.07, 6.45) is -3.28. The topological polar surface area (TPSA) is 102 Å². The van der Waals surface area contributed by atoms with Gasteiger partial charge in [-0.15, -0.1) is 18.3 Å². The molecule has 2 aromatic heterocycles. The molecule has 0 saturated carbocycles. The van der Waals surface area contributed by atoms with Crippen LogP contribution in [0.4, 0.5) is 18.9 Å². The van der Waals surface area contributed by atoms with E-state index in [2.05, 4.69) is 19.9 Å². The third kappa shape index (κ3) is 4.79. The molecule has 0 fully saturated rings. The van der Waals surface area contributed by atoms with Gasteiger partial charge in [-0.2, -0.15) is 5.10 Å². The minimum Gasteiger partial charge on any atom is -0.477 e. The number of benzene rings is 1. The molecular formula is C20H16F3N5O4. The molecule has 1 N–H and O–H groups in total. The largest absolute Gasteiger partial charge is 0.573 e. The van der Waals surface area contributed by atoms with Gasteiger partial charge in [-0.1, -0.05) is 6.07 Å². The number of halogens is 3. The first-order valence-electron chi connectivity index (χ1n) is 9.26. The van der Waals surface area contributed by atoms with E-state index in [4.69, 9.17) is 9.84 Å². The maximum Gasteiger partial charge on any atom is 0.573 e. The number of aryl methyl sites for hydroxylation is 1. The van der Waals surface area contributed by atoms with Crippen LogP contribution in [0.5, 0.6) is 5.75 Å². The van der Waals surface area contributed by atoms with Crippen LogP contribution in [0.25, 0.3) is 0 Å². The molecule has 1 aliphatic heterocycles. The van der Waals surface area contributed by atoms with E-state index in [1.807, 2.05) is 6.92 Å². The van der Waals surface area contributed by atoms with Crippen molar-refractivity contribution in [2.45, 2.75) is 19.8 Å². The highest BCUT2D eigenvalue weighted by Gasteiger charge is 2.31. The van der Waals surface area contributed by atoms with E-state index in [9.17, 15) is 18.0 Å². The number of carboxylic acid groups (broad SMARTS) is 1. The summed E-state index contributed by atoms with van der Waals surface area (Å²) in [7, 11) is 0. The average molecular weight is 447 g/mol. The zero-order valence-corrected chi connectivity index (χ0v) is 16.6. The third-order valence-electron chi connectivity index (χ3n) is 4.48. The lowest BCUT2D eigenvalue weighted by Gasteiger charge is -2.13. The van der Waals surface area contributed by atoms with Gasteiger partial charge in [-0.3, -0.25) is 4.68 Å². The normalized spacial score (nSPS) is 13.6. The standard InChI is InChI=1S/C20H16F3N5O4/c1-12-8-17(25-27(12)10-13-2-7-16(19(29)30)24-9-13)18-26-28(11-31-18)14-3-5-15(6-4-14)32-20(21,22)23/h2-9H,10-11H2,1H3,(H,29,30). The first kappa shape index (κ1) is 21.2. The average Bonchev–Trinajstić information content (AvgIpc) is 3.35. The van der Waals surface area contributed by atoms with Gasteiger partial charge in [0.1, 0.15) is 17.1 Å². The van der Waals surface area contributed by atoms with Crippen molar-refractivity contribution >= 4 is 17.6 Å². The molecule has 166 valence electrons. The van der Waals surface area contributed by atoms with Crippen LogP contribution < -0.4 is 9.75 Å². The van der Waals surface area contributed by atoms with E-state index in [0.717, 1.165) is 11.3 Å². The van der Waals surface area contributed by atoms with Gasteiger partial charge in [-0.25, -0.2) is 14.8 Å². The summed E-state index contributed by atoms with van der Waals surface area (Å²) in [4.78, 5) is 14.8. The second kappa shape index (κ2) is 8.21. The smallest absolute Gasteiger partial charge is 0.477 e. The fourth-order valence-corrected chi connectivity index (χ4v) is 2.96. The highest BCUT2D eigenvalue weighted by Crippen LogP contribution is 2.27. The minimum atomic E-state index is -4.76. The van der Waals surface area contributed by atoms with Crippen LogP contribution in [-0.2, 0) is 11.3 Å². The van der Waals surface area contributed by atoms with Crippen LogP contribution in [-0.4, -0.2) is 44.8 Å². The molecule has 1 aliphatic rings. The molecule has 32 heavy (non-hydrogen) atoms. The quantitative estimate of drug-likeness (QED) is 0.618.